The number of nitrogen functional groups attached to an aromatic ring is 1. The first-order valence-corrected chi connectivity index (χ1v) is 20.5. The number of methoxy groups -OCH3 is 1. The molecule has 0 bridgehead atoms. The topological polar surface area (TPSA) is 151 Å². The number of nitrogens with two attached hydrogens (primary N) is 1. The third-order valence-electron chi connectivity index (χ3n) is 5.46. The van der Waals surface area contributed by atoms with Gasteiger partial charge in [0.2, 0.25) is 17.8 Å². The van der Waals surface area contributed by atoms with E-state index < -0.39 is 10.3 Å². The monoisotopic (exact) mass is 738 g/mol. The maximum absolute atomic E-state index is 10.7. The molecule has 3 aromatic rings. The Bertz CT molecular complexity index is 1250. The lowest BCUT2D eigenvalue weighted by Gasteiger charge is -2.28. The summed E-state index contributed by atoms with van der Waals surface area (Å²) in [5.74, 6) is 1.89. The number of carbonyl (C=O) groups is 2. The van der Waals surface area contributed by atoms with Crippen LogP contribution in [0.2, 0.25) is 0 Å². The van der Waals surface area contributed by atoms with Gasteiger partial charge in [-0.25, -0.2) is 0 Å². The number of hydrogen-bond acceptors (Lipinski definition) is 12. The van der Waals surface area contributed by atoms with Crippen LogP contribution in [0.15, 0.2) is 54.6 Å². The average molecular weight is 739 g/mol. The summed E-state index contributed by atoms with van der Waals surface area (Å²) in [6.45, 7) is 18.8. The van der Waals surface area contributed by atoms with Crippen LogP contribution in [0.3, 0.4) is 0 Å². The van der Waals surface area contributed by atoms with E-state index in [-0.39, 0.29) is 17.2 Å². The molecule has 4 N–H and O–H groups in total. The molecular weight excluding hydrogens is 673 g/mol. The van der Waals surface area contributed by atoms with E-state index in [1.807, 2.05) is 86.1 Å². The van der Waals surface area contributed by atoms with Gasteiger partial charge in [-0.2, -0.15) is 26.7 Å². The van der Waals surface area contributed by atoms with Gasteiger partial charge in [0.05, 0.1) is 5.60 Å². The smallest absolute Gasteiger partial charge is 0.293 e. The number of carbonyl (C=O) groups excluding carboxylic acids is 2. The molecule has 0 atom stereocenters. The zero-order valence-corrected chi connectivity index (χ0v) is 34.9. The van der Waals surface area contributed by atoms with Crippen LogP contribution in [-0.2, 0) is 18.5 Å². The number of anilines is 4. The van der Waals surface area contributed by atoms with E-state index in [1.165, 1.54) is 5.56 Å². The number of nitrogens with zero attached hydrogens (tertiary/aromatic N) is 3. The SMILES string of the molecule is CC.CC(C)(C)OC=O.COC(C)(C)C.COS(C)(C)CCCNc1nc(N)nc(Nc2ccc(C=O)cc2)n1.CSC.Cc1ccccc1. The summed E-state index contributed by atoms with van der Waals surface area (Å²) in [5.41, 5.74) is 8.15. The normalized spacial score (nSPS) is 10.5. The maximum Gasteiger partial charge on any atom is 0.293 e. The predicted octanol–water partition coefficient (Wildman–Crippen LogP) is 8.83. The van der Waals surface area contributed by atoms with E-state index in [9.17, 15) is 9.59 Å². The van der Waals surface area contributed by atoms with E-state index in [0.29, 0.717) is 23.9 Å². The Kier molecular flexibility index (Phi) is 29.9. The lowest BCUT2D eigenvalue weighted by Crippen LogP contribution is -2.17. The second kappa shape index (κ2) is 29.4. The molecule has 0 saturated carbocycles. The number of aldehydes is 1. The largest absolute Gasteiger partial charge is 0.462 e. The van der Waals surface area contributed by atoms with Gasteiger partial charge in [0.1, 0.15) is 11.9 Å². The summed E-state index contributed by atoms with van der Waals surface area (Å²) in [7, 11) is 2.46. The van der Waals surface area contributed by atoms with Crippen molar-refractivity contribution in [3.05, 3.63) is 65.7 Å². The van der Waals surface area contributed by atoms with Crippen molar-refractivity contribution in [2.75, 3.05) is 67.9 Å². The van der Waals surface area contributed by atoms with Gasteiger partial charge in [-0.15, -0.1) is 10.3 Å². The molecule has 2 aromatic carbocycles. The van der Waals surface area contributed by atoms with Crippen LogP contribution >= 0.6 is 22.1 Å². The zero-order valence-electron chi connectivity index (χ0n) is 33.2. The molecular formula is C37H66N6O5S2. The Morgan fingerprint density at radius 2 is 1.34 bits per heavy atom. The number of rotatable bonds is 10. The average Bonchev–Trinajstić information content (AvgIpc) is 3.05. The fourth-order valence-corrected chi connectivity index (χ4v) is 3.69. The number of ether oxygens (including phenoxy) is 2. The van der Waals surface area contributed by atoms with Gasteiger partial charge in [0.25, 0.3) is 6.47 Å². The van der Waals surface area contributed by atoms with Gasteiger partial charge >= 0.3 is 0 Å². The molecule has 0 saturated heterocycles. The second-order valence-corrected chi connectivity index (χ2v) is 16.9. The number of aryl methyl sites for hydroxylation is 1. The summed E-state index contributed by atoms with van der Waals surface area (Å²) < 4.78 is 15.0. The molecule has 1 aromatic heterocycles. The van der Waals surface area contributed by atoms with Crippen LogP contribution in [0.25, 0.3) is 0 Å². The molecule has 0 aliphatic carbocycles. The first-order valence-electron chi connectivity index (χ1n) is 16.3. The van der Waals surface area contributed by atoms with Crippen LogP contribution in [-0.4, -0.2) is 90.5 Å². The first kappa shape index (κ1) is 51.0. The summed E-state index contributed by atoms with van der Waals surface area (Å²) in [4.78, 5) is 32.8. The van der Waals surface area contributed by atoms with Crippen molar-refractivity contribution in [3.63, 3.8) is 0 Å². The lowest BCUT2D eigenvalue weighted by atomic mass is 10.2. The van der Waals surface area contributed by atoms with Gasteiger partial charge in [-0.05, 0) is 104 Å². The van der Waals surface area contributed by atoms with Gasteiger partial charge in [0, 0.05) is 37.8 Å². The quantitative estimate of drug-likeness (QED) is 0.135. The molecule has 11 nitrogen and oxygen atoms in total. The summed E-state index contributed by atoms with van der Waals surface area (Å²) in [6, 6.07) is 17.2. The number of thioether (sulfide) groups is 1. The van der Waals surface area contributed by atoms with Gasteiger partial charge < -0.3 is 30.0 Å². The predicted molar refractivity (Wildman–Crippen MR) is 219 cm³/mol. The summed E-state index contributed by atoms with van der Waals surface area (Å²) >= 11 is 1.75. The molecule has 13 heteroatoms. The Hall–Kier alpha value is -3.39. The van der Waals surface area contributed by atoms with E-state index in [1.54, 1.807) is 50.2 Å². The van der Waals surface area contributed by atoms with Crippen molar-refractivity contribution in [1.82, 2.24) is 15.0 Å². The lowest BCUT2D eigenvalue weighted by molar-refractivity contribution is -0.138. The Morgan fingerprint density at radius 1 is 0.840 bits per heavy atom. The van der Waals surface area contributed by atoms with Crippen LogP contribution in [0.1, 0.15) is 77.7 Å². The molecule has 1 heterocycles. The number of nitrogens with one attached hydrogen (secondary N) is 2. The van der Waals surface area contributed by atoms with Crippen LogP contribution in [0.5, 0.6) is 0 Å². The van der Waals surface area contributed by atoms with E-state index in [0.717, 1.165) is 30.7 Å². The molecule has 0 unspecified atom stereocenters. The number of aromatic nitrogens is 3. The highest BCUT2D eigenvalue weighted by Gasteiger charge is 2.10. The highest BCUT2D eigenvalue weighted by atomic mass is 32.3. The fourth-order valence-electron chi connectivity index (χ4n) is 2.68. The van der Waals surface area contributed by atoms with Crippen molar-refractivity contribution in [3.8, 4) is 0 Å². The standard InChI is InChI=1S/C16H24N6O2S.C7H8.C5H10O2.C5H12O.C2H6S.C2H6/c1-24-25(2,3)10-4-9-18-15-20-14(17)21-16(22-15)19-13-7-5-12(11-23)6-8-13;1-7-5-3-2-4-6-7;1-5(2,3)7-4-6;1-5(2,3)6-4;1-3-2;1-2/h5-8,11H,4,9-10H2,1-3H3,(H4,17,18,19,20,21,22);2-6H,1H3;4H,1-3H3;1-4H3;1-2H3;1-2H3. The first-order chi connectivity index (χ1) is 23.3. The second-order valence-electron chi connectivity index (χ2n) is 12.5. The minimum Gasteiger partial charge on any atom is -0.462 e. The van der Waals surface area contributed by atoms with Crippen molar-refractivity contribution < 1.29 is 23.2 Å². The van der Waals surface area contributed by atoms with Gasteiger partial charge in [-0.1, -0.05) is 49.7 Å². The Morgan fingerprint density at radius 3 is 1.70 bits per heavy atom. The Balaban J connectivity index is -0.000000714. The zero-order chi connectivity index (χ0) is 39.2. The number of hydrogen-bond donors (Lipinski definition) is 3. The van der Waals surface area contributed by atoms with E-state index in [2.05, 4.69) is 61.9 Å². The van der Waals surface area contributed by atoms with Crippen LogP contribution in [0, 0.1) is 6.92 Å². The minimum absolute atomic E-state index is 0.0417. The van der Waals surface area contributed by atoms with E-state index in [4.69, 9.17) is 14.7 Å². The highest BCUT2D eigenvalue weighted by molar-refractivity contribution is 8.28. The number of benzene rings is 2. The molecule has 0 fully saturated rings. The maximum atomic E-state index is 10.7. The Labute approximate surface area is 309 Å². The van der Waals surface area contributed by atoms with Gasteiger partial charge in [0.15, 0.2) is 0 Å². The molecule has 0 aliphatic heterocycles. The summed E-state index contributed by atoms with van der Waals surface area (Å²) in [6.07, 6.45) is 10.1. The van der Waals surface area contributed by atoms with Crippen molar-refractivity contribution >= 4 is 58.4 Å². The highest BCUT2D eigenvalue weighted by Crippen LogP contribution is 2.40. The van der Waals surface area contributed by atoms with Gasteiger partial charge in [-0.3, -0.25) is 9.59 Å². The van der Waals surface area contributed by atoms with Crippen molar-refractivity contribution in [1.29, 1.82) is 0 Å². The fraction of sp³-hybridized carbons (Fsp3) is 0.541. The molecule has 0 spiro atoms. The van der Waals surface area contributed by atoms with Crippen molar-refractivity contribution in [2.24, 2.45) is 0 Å². The molecule has 286 valence electrons. The van der Waals surface area contributed by atoms with Crippen molar-refractivity contribution in [2.45, 2.75) is 79.9 Å². The van der Waals surface area contributed by atoms with Crippen LogP contribution in [0.4, 0.5) is 23.5 Å². The molecule has 0 amide bonds. The summed E-state index contributed by atoms with van der Waals surface area (Å²) in [5, 5.41) is 6.20. The third kappa shape index (κ3) is 33.1. The van der Waals surface area contributed by atoms with E-state index >= 15 is 0 Å². The third-order valence-corrected chi connectivity index (χ3v) is 7.63. The van der Waals surface area contributed by atoms with Crippen LogP contribution < -0.4 is 16.4 Å². The minimum atomic E-state index is -0.992. The molecule has 0 radical (unpaired) electrons. The molecule has 50 heavy (non-hydrogen) atoms. The molecule has 0 aliphatic rings. The molecule has 3 rings (SSSR count).